The second-order valence-corrected chi connectivity index (χ2v) is 3.53. The smallest absolute Gasteiger partial charge is 0.319 e. The number of hydrogen-bond donors (Lipinski definition) is 1. The minimum Gasteiger partial charge on any atom is -0.481 e. The van der Waals surface area contributed by atoms with Gasteiger partial charge >= 0.3 is 12.0 Å². The Kier molecular flexibility index (Phi) is 5.74. The Morgan fingerprint density at radius 1 is 1.27 bits per heavy atom. The highest BCUT2D eigenvalue weighted by atomic mass is 16.4. The van der Waals surface area contributed by atoms with Gasteiger partial charge in [-0.2, -0.15) is 0 Å². The molecule has 0 aliphatic carbocycles. The maximum Gasteiger partial charge on any atom is 0.319 e. The first kappa shape index (κ1) is 13.7. The van der Waals surface area contributed by atoms with Gasteiger partial charge in [-0.1, -0.05) is 0 Å². The molecular formula is C10H20N2O3. The van der Waals surface area contributed by atoms with Crippen molar-refractivity contribution in [3.05, 3.63) is 0 Å². The lowest BCUT2D eigenvalue weighted by Crippen LogP contribution is -2.46. The zero-order chi connectivity index (χ0) is 12.0. The second kappa shape index (κ2) is 6.27. The lowest BCUT2D eigenvalue weighted by atomic mass is 10.2. The SMILES string of the molecule is CCN(C)C(=O)N(CC)C(C)CC(=O)O. The van der Waals surface area contributed by atoms with Crippen LogP contribution in [0.1, 0.15) is 27.2 Å². The molecule has 0 aliphatic rings. The number of rotatable bonds is 5. The van der Waals surface area contributed by atoms with Gasteiger partial charge in [-0.15, -0.1) is 0 Å². The van der Waals surface area contributed by atoms with Crippen molar-refractivity contribution in [2.24, 2.45) is 0 Å². The summed E-state index contributed by atoms with van der Waals surface area (Å²) in [6, 6.07) is -0.386. The van der Waals surface area contributed by atoms with E-state index >= 15 is 0 Å². The molecule has 1 N–H and O–H groups in total. The van der Waals surface area contributed by atoms with Crippen molar-refractivity contribution in [1.29, 1.82) is 0 Å². The van der Waals surface area contributed by atoms with Crippen LogP contribution in [-0.2, 0) is 4.79 Å². The molecule has 5 nitrogen and oxygen atoms in total. The summed E-state index contributed by atoms with van der Waals surface area (Å²) < 4.78 is 0. The minimum absolute atomic E-state index is 0.0167. The first-order valence-corrected chi connectivity index (χ1v) is 5.17. The maximum atomic E-state index is 11.8. The van der Waals surface area contributed by atoms with Crippen LogP contribution in [0, 0.1) is 0 Å². The van der Waals surface area contributed by atoms with Crippen LogP contribution in [0.3, 0.4) is 0 Å². The molecule has 0 bridgehead atoms. The van der Waals surface area contributed by atoms with Crippen LogP contribution >= 0.6 is 0 Å². The Labute approximate surface area is 90.7 Å². The first-order chi connectivity index (χ1) is 6.93. The fourth-order valence-electron chi connectivity index (χ4n) is 1.35. The molecule has 0 rings (SSSR count). The van der Waals surface area contributed by atoms with Crippen molar-refractivity contribution in [2.45, 2.75) is 33.2 Å². The predicted octanol–water partition coefficient (Wildman–Crippen LogP) is 1.24. The third kappa shape index (κ3) is 4.18. The van der Waals surface area contributed by atoms with Gasteiger partial charge in [0.15, 0.2) is 0 Å². The zero-order valence-corrected chi connectivity index (χ0v) is 9.86. The molecule has 1 atom stereocenters. The third-order valence-corrected chi connectivity index (χ3v) is 2.39. The molecule has 0 aliphatic heterocycles. The lowest BCUT2D eigenvalue weighted by molar-refractivity contribution is -0.138. The summed E-state index contributed by atoms with van der Waals surface area (Å²) in [6.07, 6.45) is -0.0167. The number of carbonyl (C=O) groups excluding carboxylic acids is 1. The monoisotopic (exact) mass is 216 g/mol. The van der Waals surface area contributed by atoms with Gasteiger partial charge < -0.3 is 14.9 Å². The number of urea groups is 1. The highest BCUT2D eigenvalue weighted by molar-refractivity contribution is 5.75. The van der Waals surface area contributed by atoms with E-state index in [1.807, 2.05) is 13.8 Å². The van der Waals surface area contributed by atoms with E-state index in [1.54, 1.807) is 23.8 Å². The van der Waals surface area contributed by atoms with Crippen molar-refractivity contribution in [3.63, 3.8) is 0 Å². The summed E-state index contributed by atoms with van der Waals surface area (Å²) in [5, 5.41) is 8.65. The molecule has 0 saturated carbocycles. The average molecular weight is 216 g/mol. The normalized spacial score (nSPS) is 12.0. The lowest BCUT2D eigenvalue weighted by Gasteiger charge is -2.30. The molecule has 15 heavy (non-hydrogen) atoms. The van der Waals surface area contributed by atoms with Crippen LogP contribution < -0.4 is 0 Å². The Balaban J connectivity index is 4.46. The summed E-state index contributed by atoms with van der Waals surface area (Å²) >= 11 is 0. The zero-order valence-electron chi connectivity index (χ0n) is 9.86. The molecule has 0 radical (unpaired) electrons. The highest BCUT2D eigenvalue weighted by Gasteiger charge is 2.22. The number of carbonyl (C=O) groups is 2. The number of nitrogens with zero attached hydrogens (tertiary/aromatic N) is 2. The van der Waals surface area contributed by atoms with E-state index in [9.17, 15) is 9.59 Å². The second-order valence-electron chi connectivity index (χ2n) is 3.53. The molecule has 0 heterocycles. The van der Waals surface area contributed by atoms with Gasteiger partial charge in [0.05, 0.1) is 6.42 Å². The van der Waals surface area contributed by atoms with Gasteiger partial charge in [-0.25, -0.2) is 4.79 Å². The van der Waals surface area contributed by atoms with Crippen molar-refractivity contribution in [3.8, 4) is 0 Å². The van der Waals surface area contributed by atoms with Crippen LogP contribution in [0.25, 0.3) is 0 Å². The quantitative estimate of drug-likeness (QED) is 0.752. The summed E-state index contributed by atoms with van der Waals surface area (Å²) in [4.78, 5) is 25.5. The molecule has 88 valence electrons. The van der Waals surface area contributed by atoms with Gasteiger partial charge in [0.1, 0.15) is 0 Å². The van der Waals surface area contributed by atoms with Crippen molar-refractivity contribution < 1.29 is 14.7 Å². The number of aliphatic carboxylic acids is 1. The van der Waals surface area contributed by atoms with Crippen LogP contribution in [-0.4, -0.2) is 53.1 Å². The molecule has 2 amide bonds. The molecule has 0 fully saturated rings. The fourth-order valence-corrected chi connectivity index (χ4v) is 1.35. The van der Waals surface area contributed by atoms with E-state index in [2.05, 4.69) is 0 Å². The van der Waals surface area contributed by atoms with Gasteiger partial charge in [-0.05, 0) is 20.8 Å². The highest BCUT2D eigenvalue weighted by Crippen LogP contribution is 2.07. The Morgan fingerprint density at radius 2 is 1.80 bits per heavy atom. The number of carboxylic acid groups (broad SMARTS) is 1. The van der Waals surface area contributed by atoms with E-state index in [1.165, 1.54) is 0 Å². The first-order valence-electron chi connectivity index (χ1n) is 5.17. The van der Waals surface area contributed by atoms with Gasteiger partial charge in [-0.3, -0.25) is 4.79 Å². The number of hydrogen-bond acceptors (Lipinski definition) is 2. The molecule has 0 spiro atoms. The van der Waals surface area contributed by atoms with Gasteiger partial charge in [0.25, 0.3) is 0 Å². The van der Waals surface area contributed by atoms with E-state index in [-0.39, 0.29) is 18.5 Å². The number of carboxylic acids is 1. The molecule has 0 saturated heterocycles. The predicted molar refractivity (Wildman–Crippen MR) is 57.8 cm³/mol. The average Bonchev–Trinajstić information content (AvgIpc) is 2.16. The molecule has 1 unspecified atom stereocenters. The summed E-state index contributed by atoms with van der Waals surface area (Å²) in [6.45, 7) is 6.62. The Bertz CT molecular complexity index is 231. The van der Waals surface area contributed by atoms with Crippen molar-refractivity contribution in [2.75, 3.05) is 20.1 Å². The molecule has 0 aromatic heterocycles. The van der Waals surface area contributed by atoms with Crippen LogP contribution in [0.2, 0.25) is 0 Å². The standard InChI is InChI=1S/C10H20N2O3/c1-5-11(4)10(15)12(6-2)8(3)7-9(13)14/h8H,5-7H2,1-4H3,(H,13,14). The Hall–Kier alpha value is -1.26. The van der Waals surface area contributed by atoms with E-state index in [0.717, 1.165) is 0 Å². The fraction of sp³-hybridized carbons (Fsp3) is 0.800. The molecule has 5 heteroatoms. The third-order valence-electron chi connectivity index (χ3n) is 2.39. The Morgan fingerprint density at radius 3 is 2.13 bits per heavy atom. The molecular weight excluding hydrogens is 196 g/mol. The summed E-state index contributed by atoms with van der Waals surface area (Å²) in [7, 11) is 1.71. The van der Waals surface area contributed by atoms with E-state index in [0.29, 0.717) is 13.1 Å². The van der Waals surface area contributed by atoms with E-state index < -0.39 is 5.97 Å². The van der Waals surface area contributed by atoms with Crippen molar-refractivity contribution in [1.82, 2.24) is 9.80 Å². The maximum absolute atomic E-state index is 11.8. The number of amides is 2. The largest absolute Gasteiger partial charge is 0.481 e. The van der Waals surface area contributed by atoms with Crippen molar-refractivity contribution >= 4 is 12.0 Å². The van der Waals surface area contributed by atoms with Gasteiger partial charge in [0.2, 0.25) is 0 Å². The molecule has 0 aromatic carbocycles. The van der Waals surface area contributed by atoms with Crippen LogP contribution in [0.5, 0.6) is 0 Å². The summed E-state index contributed by atoms with van der Waals surface area (Å²) in [5.74, 6) is -0.882. The topological polar surface area (TPSA) is 60.9 Å². The summed E-state index contributed by atoms with van der Waals surface area (Å²) in [5.41, 5.74) is 0. The van der Waals surface area contributed by atoms with Crippen LogP contribution in [0.4, 0.5) is 4.79 Å². The van der Waals surface area contributed by atoms with Gasteiger partial charge in [0, 0.05) is 26.2 Å². The minimum atomic E-state index is -0.882. The van der Waals surface area contributed by atoms with E-state index in [4.69, 9.17) is 5.11 Å². The van der Waals surface area contributed by atoms with Crippen LogP contribution in [0.15, 0.2) is 0 Å². The molecule has 0 aromatic rings.